The third-order valence-electron chi connectivity index (χ3n) is 8.04. The number of carbonyl (C=O) groups excluding carboxylic acids is 3. The maximum Gasteiger partial charge on any atom is 0.338 e. The van der Waals surface area contributed by atoms with E-state index in [0.29, 0.717) is 55.3 Å². The fourth-order valence-electron chi connectivity index (χ4n) is 5.67. The minimum absolute atomic E-state index is 0.0219. The van der Waals surface area contributed by atoms with E-state index in [1.165, 1.54) is 5.56 Å². The van der Waals surface area contributed by atoms with Crippen LogP contribution in [0.15, 0.2) is 59.8 Å². The number of urea groups is 1. The van der Waals surface area contributed by atoms with Crippen LogP contribution in [0.5, 0.6) is 5.75 Å². The summed E-state index contributed by atoms with van der Waals surface area (Å²) in [6, 6.07) is 14.3. The summed E-state index contributed by atoms with van der Waals surface area (Å²) >= 11 is 0. The van der Waals surface area contributed by atoms with E-state index in [-0.39, 0.29) is 30.0 Å². The summed E-state index contributed by atoms with van der Waals surface area (Å²) in [5.74, 6) is 0.245. The number of hydrogen-bond donors (Lipinski definition) is 1. The van der Waals surface area contributed by atoms with Crippen molar-refractivity contribution in [1.82, 2.24) is 20.0 Å². The summed E-state index contributed by atoms with van der Waals surface area (Å²) in [5.41, 5.74) is 3.69. The Bertz CT molecular complexity index is 1310. The van der Waals surface area contributed by atoms with E-state index in [1.54, 1.807) is 43.2 Å². The first-order valence-electron chi connectivity index (χ1n) is 14.7. The fraction of sp³-hybridized carbons (Fsp3) is 0.485. The Morgan fingerprint density at radius 3 is 2.21 bits per heavy atom. The van der Waals surface area contributed by atoms with Crippen LogP contribution in [0.1, 0.15) is 69.1 Å². The fourth-order valence-corrected chi connectivity index (χ4v) is 5.67. The third kappa shape index (κ3) is 6.62. The number of hydrogen-bond acceptors (Lipinski definition) is 6. The molecular formula is C33H44N4O5. The monoisotopic (exact) mass is 576 g/mol. The number of ether oxygens (including phenoxy) is 2. The minimum Gasteiger partial charge on any atom is -0.497 e. The zero-order chi connectivity index (χ0) is 30.6. The van der Waals surface area contributed by atoms with Gasteiger partial charge in [-0.1, -0.05) is 45.0 Å². The van der Waals surface area contributed by atoms with E-state index in [2.05, 4.69) is 43.1 Å². The molecule has 1 fully saturated rings. The molecule has 1 saturated heterocycles. The first-order valence-corrected chi connectivity index (χ1v) is 14.7. The molecule has 2 aliphatic heterocycles. The molecular weight excluding hydrogens is 532 g/mol. The second kappa shape index (κ2) is 13.0. The average molecular weight is 577 g/mol. The van der Waals surface area contributed by atoms with Crippen LogP contribution >= 0.6 is 0 Å². The first kappa shape index (κ1) is 31.1. The van der Waals surface area contributed by atoms with Crippen LogP contribution in [0, 0.1) is 0 Å². The van der Waals surface area contributed by atoms with E-state index in [9.17, 15) is 14.4 Å². The van der Waals surface area contributed by atoms with E-state index >= 15 is 0 Å². The normalized spacial score (nSPS) is 19.9. The summed E-state index contributed by atoms with van der Waals surface area (Å²) in [4.78, 5) is 45.9. The topological polar surface area (TPSA) is 91.4 Å². The molecule has 42 heavy (non-hydrogen) atoms. The summed E-state index contributed by atoms with van der Waals surface area (Å²) in [6.07, 6.45) is 0. The summed E-state index contributed by atoms with van der Waals surface area (Å²) < 4.78 is 10.8. The second-order valence-electron chi connectivity index (χ2n) is 11.9. The smallest absolute Gasteiger partial charge is 0.338 e. The molecule has 226 valence electrons. The molecule has 0 aliphatic carbocycles. The van der Waals surface area contributed by atoms with E-state index < -0.39 is 12.0 Å². The number of nitrogens with one attached hydrogen (secondary N) is 1. The van der Waals surface area contributed by atoms with Crippen LogP contribution in [0.4, 0.5) is 4.79 Å². The van der Waals surface area contributed by atoms with Crippen LogP contribution in [0.3, 0.4) is 0 Å². The molecule has 2 heterocycles. The van der Waals surface area contributed by atoms with Gasteiger partial charge in [-0.3, -0.25) is 14.6 Å². The second-order valence-corrected chi connectivity index (χ2v) is 11.9. The van der Waals surface area contributed by atoms with Crippen molar-refractivity contribution in [3.05, 3.63) is 76.5 Å². The maximum atomic E-state index is 13.5. The number of nitrogens with zero attached hydrogens (tertiary/aromatic N) is 3. The third-order valence-corrected chi connectivity index (χ3v) is 8.04. The lowest BCUT2D eigenvalue weighted by atomic mass is 9.85. The molecule has 2 aliphatic rings. The average Bonchev–Trinajstić information content (AvgIpc) is 2.96. The molecule has 0 aromatic heterocycles. The van der Waals surface area contributed by atoms with Crippen molar-refractivity contribution in [2.75, 3.05) is 46.4 Å². The van der Waals surface area contributed by atoms with Crippen LogP contribution < -0.4 is 10.1 Å². The lowest BCUT2D eigenvalue weighted by Crippen LogP contribution is -2.56. The highest BCUT2D eigenvalue weighted by Gasteiger charge is 2.39. The molecule has 9 nitrogen and oxygen atoms in total. The van der Waals surface area contributed by atoms with Crippen molar-refractivity contribution in [2.24, 2.45) is 0 Å². The Morgan fingerprint density at radius 1 is 1.00 bits per heavy atom. The SMILES string of the molecule is CCOC(=O)C1=C(CN2CCN(C(=O)c3ccc(OC)cc3)[C@H](C)C2)N(CC)C(=O)N[C@H]1c1ccc(C(C)(C)C)cc1. The zero-order valence-corrected chi connectivity index (χ0v) is 25.9. The standard InChI is InChI=1S/C33H44N4O5/c1-8-36-27(21-35-18-19-37(22(3)20-35)30(38)24-12-16-26(41-7)17-13-24)28(31(39)42-9-2)29(34-32(36)40)23-10-14-25(15-11-23)33(4,5)6/h10-17,22,29H,8-9,18-21H2,1-7H3,(H,34,40)/t22-,29+/m1/s1. The number of carbonyl (C=O) groups is 3. The van der Waals surface area contributed by atoms with Crippen LogP contribution in [0.25, 0.3) is 0 Å². The van der Waals surface area contributed by atoms with Gasteiger partial charge in [-0.25, -0.2) is 9.59 Å². The Hall–Kier alpha value is -3.85. The number of benzene rings is 2. The predicted molar refractivity (Wildman–Crippen MR) is 162 cm³/mol. The highest BCUT2D eigenvalue weighted by Crippen LogP contribution is 2.34. The minimum atomic E-state index is -0.626. The Kier molecular flexibility index (Phi) is 9.61. The van der Waals surface area contributed by atoms with Crippen molar-refractivity contribution in [1.29, 1.82) is 0 Å². The molecule has 0 radical (unpaired) electrons. The lowest BCUT2D eigenvalue weighted by Gasteiger charge is -2.43. The summed E-state index contributed by atoms with van der Waals surface area (Å²) in [7, 11) is 1.60. The molecule has 0 unspecified atom stereocenters. The van der Waals surface area contributed by atoms with Crippen molar-refractivity contribution >= 4 is 17.9 Å². The van der Waals surface area contributed by atoms with Crippen LogP contribution in [-0.4, -0.2) is 85.1 Å². The van der Waals surface area contributed by atoms with Crippen molar-refractivity contribution in [3.63, 3.8) is 0 Å². The summed E-state index contributed by atoms with van der Waals surface area (Å²) in [5, 5.41) is 3.05. The molecule has 0 saturated carbocycles. The molecule has 4 rings (SSSR count). The van der Waals surface area contributed by atoms with Crippen LogP contribution in [0.2, 0.25) is 0 Å². The van der Waals surface area contributed by atoms with Gasteiger partial charge in [0.25, 0.3) is 5.91 Å². The number of amides is 3. The zero-order valence-electron chi connectivity index (χ0n) is 25.9. The Balaban J connectivity index is 1.62. The van der Waals surface area contributed by atoms with E-state index in [4.69, 9.17) is 9.47 Å². The van der Waals surface area contributed by atoms with Gasteiger partial charge in [0.05, 0.1) is 25.3 Å². The van der Waals surface area contributed by atoms with Gasteiger partial charge in [-0.15, -0.1) is 0 Å². The van der Waals surface area contributed by atoms with Gasteiger partial charge in [-0.2, -0.15) is 0 Å². The van der Waals surface area contributed by atoms with Gasteiger partial charge < -0.3 is 19.7 Å². The highest BCUT2D eigenvalue weighted by atomic mass is 16.5. The number of piperazine rings is 1. The molecule has 1 N–H and O–H groups in total. The van der Waals surface area contributed by atoms with Gasteiger partial charge in [0.2, 0.25) is 0 Å². The first-order chi connectivity index (χ1) is 20.0. The van der Waals surface area contributed by atoms with E-state index in [0.717, 1.165) is 5.56 Å². The quantitative estimate of drug-likeness (QED) is 0.457. The van der Waals surface area contributed by atoms with Crippen molar-refractivity contribution in [2.45, 2.75) is 59.0 Å². The molecule has 2 atom stereocenters. The van der Waals surface area contributed by atoms with Crippen LogP contribution in [-0.2, 0) is 14.9 Å². The Morgan fingerprint density at radius 2 is 1.67 bits per heavy atom. The molecule has 2 aromatic rings. The number of methoxy groups -OCH3 is 1. The summed E-state index contributed by atoms with van der Waals surface area (Å²) in [6.45, 7) is 14.9. The van der Waals surface area contributed by atoms with Crippen molar-refractivity contribution < 1.29 is 23.9 Å². The van der Waals surface area contributed by atoms with Gasteiger partial charge >= 0.3 is 12.0 Å². The van der Waals surface area contributed by atoms with Crippen molar-refractivity contribution in [3.8, 4) is 5.75 Å². The molecule has 0 bridgehead atoms. The largest absolute Gasteiger partial charge is 0.497 e. The lowest BCUT2D eigenvalue weighted by molar-refractivity contribution is -0.139. The molecule has 2 aromatic carbocycles. The molecule has 3 amide bonds. The molecule has 0 spiro atoms. The number of rotatable bonds is 8. The van der Waals surface area contributed by atoms with Gasteiger partial charge in [0.15, 0.2) is 0 Å². The van der Waals surface area contributed by atoms with E-state index in [1.807, 2.05) is 30.9 Å². The molecule has 9 heteroatoms. The van der Waals surface area contributed by atoms with Gasteiger partial charge in [-0.05, 0) is 61.6 Å². The predicted octanol–water partition coefficient (Wildman–Crippen LogP) is 4.74. The number of likely N-dealkylation sites (N-methyl/N-ethyl adjacent to an activating group) is 1. The number of esters is 1. The maximum absolute atomic E-state index is 13.5. The van der Waals surface area contributed by atoms with Gasteiger partial charge in [0.1, 0.15) is 5.75 Å². The highest BCUT2D eigenvalue weighted by molar-refractivity contribution is 5.95. The Labute approximate surface area is 249 Å². The van der Waals surface area contributed by atoms with Gasteiger partial charge in [0, 0.05) is 50.0 Å².